The van der Waals surface area contributed by atoms with E-state index < -0.39 is 10.0 Å². The number of ether oxygens (including phenoxy) is 1. The van der Waals surface area contributed by atoms with Gasteiger partial charge in [-0.3, -0.25) is 4.79 Å². The first-order chi connectivity index (χ1) is 13.9. The van der Waals surface area contributed by atoms with Crippen molar-refractivity contribution in [3.63, 3.8) is 0 Å². The molecule has 6 nitrogen and oxygen atoms in total. The number of hydrogen-bond donors (Lipinski definition) is 1. The van der Waals surface area contributed by atoms with Gasteiger partial charge in [-0.15, -0.1) is 0 Å². The second-order valence-electron chi connectivity index (χ2n) is 6.43. The van der Waals surface area contributed by atoms with Gasteiger partial charge in [0, 0.05) is 18.7 Å². The van der Waals surface area contributed by atoms with Crippen LogP contribution in [0.1, 0.15) is 24.2 Å². The molecule has 7 heteroatoms. The van der Waals surface area contributed by atoms with E-state index in [2.05, 4.69) is 5.32 Å². The van der Waals surface area contributed by atoms with Crippen molar-refractivity contribution in [1.29, 1.82) is 0 Å². The van der Waals surface area contributed by atoms with E-state index in [1.807, 2.05) is 36.4 Å². The number of sulfonamides is 1. The molecule has 3 rings (SSSR count). The SMILES string of the molecule is CCN(CC)S(=O)(=O)c1ccc(OC)c(NC(=O)c2cccc3ccccc23)c1. The van der Waals surface area contributed by atoms with E-state index in [-0.39, 0.29) is 10.8 Å². The maximum atomic E-state index is 13.0. The van der Waals surface area contributed by atoms with Crippen molar-refractivity contribution in [2.75, 3.05) is 25.5 Å². The minimum atomic E-state index is -3.66. The monoisotopic (exact) mass is 412 g/mol. The zero-order valence-corrected chi connectivity index (χ0v) is 17.5. The smallest absolute Gasteiger partial charge is 0.256 e. The number of amides is 1. The molecule has 0 bridgehead atoms. The minimum absolute atomic E-state index is 0.107. The lowest BCUT2D eigenvalue weighted by Gasteiger charge is -2.19. The zero-order chi connectivity index (χ0) is 21.0. The maximum Gasteiger partial charge on any atom is 0.256 e. The lowest BCUT2D eigenvalue weighted by molar-refractivity contribution is 0.102. The number of fused-ring (bicyclic) bond motifs is 1. The van der Waals surface area contributed by atoms with Crippen molar-refractivity contribution in [3.05, 3.63) is 66.2 Å². The van der Waals surface area contributed by atoms with E-state index in [4.69, 9.17) is 4.74 Å². The van der Waals surface area contributed by atoms with Gasteiger partial charge in [-0.05, 0) is 35.0 Å². The lowest BCUT2D eigenvalue weighted by atomic mass is 10.0. The molecule has 0 spiro atoms. The van der Waals surface area contributed by atoms with Gasteiger partial charge in [-0.1, -0.05) is 50.2 Å². The molecule has 29 heavy (non-hydrogen) atoms. The minimum Gasteiger partial charge on any atom is -0.495 e. The summed E-state index contributed by atoms with van der Waals surface area (Å²) in [4.78, 5) is 13.1. The second kappa shape index (κ2) is 8.63. The van der Waals surface area contributed by atoms with E-state index >= 15 is 0 Å². The third kappa shape index (κ3) is 4.11. The Balaban J connectivity index is 2.01. The molecule has 0 saturated carbocycles. The number of methoxy groups -OCH3 is 1. The van der Waals surface area contributed by atoms with E-state index in [1.54, 1.807) is 26.0 Å². The van der Waals surface area contributed by atoms with E-state index in [0.717, 1.165) is 10.8 Å². The Labute approximate surface area is 171 Å². The molecule has 0 radical (unpaired) electrons. The summed E-state index contributed by atoms with van der Waals surface area (Å²) in [6.45, 7) is 4.30. The van der Waals surface area contributed by atoms with Gasteiger partial charge < -0.3 is 10.1 Å². The number of nitrogens with zero attached hydrogens (tertiary/aromatic N) is 1. The first kappa shape index (κ1) is 20.8. The average molecular weight is 413 g/mol. The first-order valence-corrected chi connectivity index (χ1v) is 10.8. The van der Waals surface area contributed by atoms with Gasteiger partial charge in [0.1, 0.15) is 5.75 Å². The molecular weight excluding hydrogens is 388 g/mol. The fourth-order valence-electron chi connectivity index (χ4n) is 3.27. The maximum absolute atomic E-state index is 13.0. The molecule has 0 heterocycles. The number of carbonyl (C=O) groups is 1. The summed E-state index contributed by atoms with van der Waals surface area (Å²) in [5.41, 5.74) is 0.806. The zero-order valence-electron chi connectivity index (χ0n) is 16.7. The predicted molar refractivity (Wildman–Crippen MR) is 115 cm³/mol. The summed E-state index contributed by atoms with van der Waals surface area (Å²) in [6.07, 6.45) is 0. The van der Waals surface area contributed by atoms with Crippen molar-refractivity contribution >= 4 is 32.4 Å². The highest BCUT2D eigenvalue weighted by Crippen LogP contribution is 2.30. The van der Waals surface area contributed by atoms with Crippen LogP contribution in [0.25, 0.3) is 10.8 Å². The van der Waals surface area contributed by atoms with Crippen LogP contribution >= 0.6 is 0 Å². The van der Waals surface area contributed by atoms with Crippen molar-refractivity contribution in [1.82, 2.24) is 4.31 Å². The van der Waals surface area contributed by atoms with Crippen molar-refractivity contribution in [2.45, 2.75) is 18.7 Å². The molecule has 0 atom stereocenters. The molecule has 1 N–H and O–H groups in total. The van der Waals surface area contributed by atoms with Gasteiger partial charge in [0.05, 0.1) is 17.7 Å². The van der Waals surface area contributed by atoms with Crippen LogP contribution in [0.4, 0.5) is 5.69 Å². The fraction of sp³-hybridized carbons (Fsp3) is 0.227. The summed E-state index contributed by atoms with van der Waals surface area (Å²) >= 11 is 0. The van der Waals surface area contributed by atoms with Crippen LogP contribution < -0.4 is 10.1 Å². The number of carbonyl (C=O) groups excluding carboxylic acids is 1. The third-order valence-electron chi connectivity index (χ3n) is 4.80. The molecule has 0 aromatic heterocycles. The molecule has 0 aliphatic heterocycles. The number of anilines is 1. The molecule has 3 aromatic carbocycles. The summed E-state index contributed by atoms with van der Waals surface area (Å²) in [7, 11) is -2.18. The number of rotatable bonds is 7. The normalized spacial score (nSPS) is 11.6. The Bertz CT molecular complexity index is 1130. The van der Waals surface area contributed by atoms with Gasteiger partial charge >= 0.3 is 0 Å². The fourth-order valence-corrected chi connectivity index (χ4v) is 4.76. The Morgan fingerprint density at radius 1 is 1.00 bits per heavy atom. The number of nitrogens with one attached hydrogen (secondary N) is 1. The highest BCUT2D eigenvalue weighted by Gasteiger charge is 2.23. The Hall–Kier alpha value is -2.90. The van der Waals surface area contributed by atoms with Crippen molar-refractivity contribution in [3.8, 4) is 5.75 Å². The largest absolute Gasteiger partial charge is 0.495 e. The number of hydrogen-bond acceptors (Lipinski definition) is 4. The van der Waals surface area contributed by atoms with Crippen LogP contribution in [0.3, 0.4) is 0 Å². The molecule has 3 aromatic rings. The van der Waals surface area contributed by atoms with E-state index in [1.165, 1.54) is 23.5 Å². The molecular formula is C22H24N2O4S. The molecule has 1 amide bonds. The van der Waals surface area contributed by atoms with Gasteiger partial charge in [0.15, 0.2) is 0 Å². The Morgan fingerprint density at radius 2 is 1.69 bits per heavy atom. The summed E-state index contributed by atoms with van der Waals surface area (Å²) in [6, 6.07) is 17.6. The Kier molecular flexibility index (Phi) is 6.20. The topological polar surface area (TPSA) is 75.7 Å². The van der Waals surface area contributed by atoms with Gasteiger partial charge in [0.25, 0.3) is 5.91 Å². The van der Waals surface area contributed by atoms with Crippen LogP contribution in [-0.4, -0.2) is 38.8 Å². The van der Waals surface area contributed by atoms with E-state index in [0.29, 0.717) is 30.1 Å². The lowest BCUT2D eigenvalue weighted by Crippen LogP contribution is -2.30. The van der Waals surface area contributed by atoms with Crippen LogP contribution in [0.15, 0.2) is 65.6 Å². The third-order valence-corrected chi connectivity index (χ3v) is 6.84. The van der Waals surface area contributed by atoms with Gasteiger partial charge in [0.2, 0.25) is 10.0 Å². The standard InChI is InChI=1S/C22H24N2O4S/c1-4-24(5-2)29(26,27)17-13-14-21(28-3)20(15-17)23-22(25)19-12-8-10-16-9-6-7-11-18(16)19/h6-15H,4-5H2,1-3H3,(H,23,25). The van der Waals surface area contributed by atoms with Gasteiger partial charge in [-0.2, -0.15) is 4.31 Å². The van der Waals surface area contributed by atoms with Crippen molar-refractivity contribution in [2.24, 2.45) is 0 Å². The summed E-state index contributed by atoms with van der Waals surface area (Å²) < 4.78 is 32.4. The number of benzene rings is 3. The second-order valence-corrected chi connectivity index (χ2v) is 8.37. The van der Waals surface area contributed by atoms with Gasteiger partial charge in [-0.25, -0.2) is 8.42 Å². The molecule has 0 unspecified atom stereocenters. The first-order valence-electron chi connectivity index (χ1n) is 9.39. The quantitative estimate of drug-likeness (QED) is 0.633. The average Bonchev–Trinajstić information content (AvgIpc) is 2.73. The van der Waals surface area contributed by atoms with Crippen LogP contribution in [-0.2, 0) is 10.0 Å². The summed E-state index contributed by atoms with van der Waals surface area (Å²) in [5.74, 6) is 0.0505. The summed E-state index contributed by atoms with van der Waals surface area (Å²) in [5, 5.41) is 4.58. The predicted octanol–water partition coefficient (Wildman–Crippen LogP) is 4.13. The Morgan fingerprint density at radius 3 is 2.38 bits per heavy atom. The highest BCUT2D eigenvalue weighted by molar-refractivity contribution is 7.89. The molecule has 0 saturated heterocycles. The van der Waals surface area contributed by atoms with E-state index in [9.17, 15) is 13.2 Å². The van der Waals surface area contributed by atoms with Crippen LogP contribution in [0, 0.1) is 0 Å². The molecule has 152 valence electrons. The van der Waals surface area contributed by atoms with Crippen molar-refractivity contribution < 1.29 is 17.9 Å². The molecule has 0 fully saturated rings. The van der Waals surface area contributed by atoms with Crippen LogP contribution in [0.5, 0.6) is 5.75 Å². The highest BCUT2D eigenvalue weighted by atomic mass is 32.2. The molecule has 0 aliphatic carbocycles. The molecule has 0 aliphatic rings. The van der Waals surface area contributed by atoms with Crippen LogP contribution in [0.2, 0.25) is 0 Å².